The smallest absolute Gasteiger partial charge is 0.0467 e. The van der Waals surface area contributed by atoms with Gasteiger partial charge in [0.2, 0.25) is 0 Å². The van der Waals surface area contributed by atoms with Gasteiger partial charge in [0.15, 0.2) is 0 Å². The molecule has 0 unspecified atom stereocenters. The van der Waals surface area contributed by atoms with Gasteiger partial charge in [0.1, 0.15) is 0 Å². The summed E-state index contributed by atoms with van der Waals surface area (Å²) in [6.45, 7) is 12.2. The Kier molecular flexibility index (Phi) is 7.41. The van der Waals surface area contributed by atoms with Gasteiger partial charge in [-0.2, -0.15) is 0 Å². The standard InChI is InChI=1S/C43H36N2/c1-5-32-16-18-36(19-17-32)44(37-13-7-10-30(3)24-37)40-20-22-42-34(28-40)27-35-29-41(21-23-43(35)42)45(38-14-8-11-31(4)25-38)39-15-9-12-33(6-2)26-39/h5-26,28-29H,1-2,27H2,3-4H3. The summed E-state index contributed by atoms with van der Waals surface area (Å²) in [5.74, 6) is 0. The number of hydrogen-bond acceptors (Lipinski definition) is 2. The molecular formula is C43H36N2. The van der Waals surface area contributed by atoms with E-state index in [0.29, 0.717) is 0 Å². The highest BCUT2D eigenvalue weighted by Gasteiger charge is 2.23. The summed E-state index contributed by atoms with van der Waals surface area (Å²) < 4.78 is 0. The summed E-state index contributed by atoms with van der Waals surface area (Å²) in [7, 11) is 0. The molecule has 0 fully saturated rings. The Hall–Kier alpha value is -5.60. The van der Waals surface area contributed by atoms with Crippen LogP contribution in [0.4, 0.5) is 34.1 Å². The van der Waals surface area contributed by atoms with Crippen molar-refractivity contribution in [3.05, 3.63) is 180 Å². The van der Waals surface area contributed by atoms with Crippen LogP contribution in [0.1, 0.15) is 33.4 Å². The molecule has 218 valence electrons. The second kappa shape index (κ2) is 11.8. The van der Waals surface area contributed by atoms with Crippen molar-refractivity contribution in [2.75, 3.05) is 9.80 Å². The lowest BCUT2D eigenvalue weighted by Crippen LogP contribution is -2.10. The maximum atomic E-state index is 4.01. The molecule has 0 atom stereocenters. The Balaban J connectivity index is 1.28. The molecule has 6 aromatic carbocycles. The Morgan fingerprint density at radius 3 is 1.40 bits per heavy atom. The molecule has 0 spiro atoms. The Morgan fingerprint density at radius 2 is 0.889 bits per heavy atom. The molecule has 0 aromatic heterocycles. The first-order valence-electron chi connectivity index (χ1n) is 15.5. The van der Waals surface area contributed by atoms with E-state index in [1.807, 2.05) is 12.2 Å². The Morgan fingerprint density at radius 1 is 0.444 bits per heavy atom. The van der Waals surface area contributed by atoms with Crippen LogP contribution in [0, 0.1) is 13.8 Å². The van der Waals surface area contributed by atoms with Crippen molar-refractivity contribution in [3.63, 3.8) is 0 Å². The normalized spacial score (nSPS) is 11.4. The van der Waals surface area contributed by atoms with Crippen LogP contribution >= 0.6 is 0 Å². The molecule has 0 saturated carbocycles. The number of hydrogen-bond donors (Lipinski definition) is 0. The monoisotopic (exact) mass is 580 g/mol. The van der Waals surface area contributed by atoms with Crippen LogP contribution in [0.15, 0.2) is 147 Å². The third-order valence-electron chi connectivity index (χ3n) is 8.64. The molecule has 1 aliphatic carbocycles. The summed E-state index contributed by atoms with van der Waals surface area (Å²) in [5, 5.41) is 0. The summed E-state index contributed by atoms with van der Waals surface area (Å²) >= 11 is 0. The van der Waals surface area contributed by atoms with Crippen molar-refractivity contribution in [2.24, 2.45) is 0 Å². The van der Waals surface area contributed by atoms with Crippen LogP contribution in [-0.2, 0) is 6.42 Å². The largest absolute Gasteiger partial charge is 0.310 e. The number of benzene rings is 6. The van der Waals surface area contributed by atoms with E-state index in [1.54, 1.807) is 0 Å². The molecular weight excluding hydrogens is 544 g/mol. The van der Waals surface area contributed by atoms with Crippen LogP contribution < -0.4 is 9.80 Å². The zero-order valence-electron chi connectivity index (χ0n) is 25.9. The minimum Gasteiger partial charge on any atom is -0.310 e. The predicted molar refractivity (Wildman–Crippen MR) is 194 cm³/mol. The van der Waals surface area contributed by atoms with E-state index < -0.39 is 0 Å². The molecule has 0 bridgehead atoms. The van der Waals surface area contributed by atoms with E-state index in [4.69, 9.17) is 0 Å². The molecule has 2 nitrogen and oxygen atoms in total. The van der Waals surface area contributed by atoms with Crippen LogP contribution in [0.25, 0.3) is 23.3 Å². The first-order valence-corrected chi connectivity index (χ1v) is 15.5. The van der Waals surface area contributed by atoms with Crippen molar-refractivity contribution in [3.8, 4) is 11.1 Å². The van der Waals surface area contributed by atoms with Crippen molar-refractivity contribution < 1.29 is 0 Å². The quantitative estimate of drug-likeness (QED) is 0.176. The molecule has 7 rings (SSSR count). The molecule has 1 aliphatic rings. The van der Waals surface area contributed by atoms with Crippen LogP contribution in [0.3, 0.4) is 0 Å². The summed E-state index contributed by atoms with van der Waals surface area (Å²) in [4.78, 5) is 4.70. The van der Waals surface area contributed by atoms with Crippen LogP contribution in [0.5, 0.6) is 0 Å². The lowest BCUT2D eigenvalue weighted by molar-refractivity contribution is 1.21. The molecule has 45 heavy (non-hydrogen) atoms. The zero-order valence-corrected chi connectivity index (χ0v) is 25.9. The number of rotatable bonds is 8. The number of nitrogens with zero attached hydrogens (tertiary/aromatic N) is 2. The maximum absolute atomic E-state index is 4.01. The number of anilines is 6. The molecule has 0 N–H and O–H groups in total. The fourth-order valence-electron chi connectivity index (χ4n) is 6.44. The predicted octanol–water partition coefficient (Wildman–Crippen LogP) is 12.1. The highest BCUT2D eigenvalue weighted by atomic mass is 15.1. The fraction of sp³-hybridized carbons (Fsp3) is 0.0698. The molecule has 0 amide bonds. The number of aryl methyl sites for hydroxylation is 2. The highest BCUT2D eigenvalue weighted by Crippen LogP contribution is 2.45. The molecule has 6 aromatic rings. The minimum absolute atomic E-state index is 0.887. The van der Waals surface area contributed by atoms with E-state index in [9.17, 15) is 0 Å². The molecule has 0 radical (unpaired) electrons. The van der Waals surface area contributed by atoms with E-state index in [0.717, 1.165) is 51.7 Å². The summed E-state index contributed by atoms with van der Waals surface area (Å²) in [5.41, 5.74) is 16.8. The lowest BCUT2D eigenvalue weighted by atomic mass is 10.0. The third-order valence-corrected chi connectivity index (χ3v) is 8.64. The van der Waals surface area contributed by atoms with Gasteiger partial charge in [-0.3, -0.25) is 0 Å². The van der Waals surface area contributed by atoms with Gasteiger partial charge in [-0.05, 0) is 138 Å². The van der Waals surface area contributed by atoms with Crippen molar-refractivity contribution in [1.29, 1.82) is 0 Å². The van der Waals surface area contributed by atoms with Gasteiger partial charge >= 0.3 is 0 Å². The molecule has 0 saturated heterocycles. The van der Waals surface area contributed by atoms with Crippen molar-refractivity contribution in [1.82, 2.24) is 0 Å². The second-order valence-corrected chi connectivity index (χ2v) is 11.8. The van der Waals surface area contributed by atoms with Gasteiger partial charge in [-0.1, -0.05) is 86.0 Å². The van der Waals surface area contributed by atoms with Crippen LogP contribution in [0.2, 0.25) is 0 Å². The van der Waals surface area contributed by atoms with E-state index in [-0.39, 0.29) is 0 Å². The lowest BCUT2D eigenvalue weighted by Gasteiger charge is -2.27. The summed E-state index contributed by atoms with van der Waals surface area (Å²) in [6.07, 6.45) is 4.68. The highest BCUT2D eigenvalue weighted by molar-refractivity contribution is 5.86. The fourth-order valence-corrected chi connectivity index (χ4v) is 6.44. The molecule has 2 heteroatoms. The average molecular weight is 581 g/mol. The summed E-state index contributed by atoms with van der Waals surface area (Å²) in [6, 6.07) is 48.4. The van der Waals surface area contributed by atoms with Crippen LogP contribution in [-0.4, -0.2) is 0 Å². The Labute approximate surface area is 266 Å². The minimum atomic E-state index is 0.887. The van der Waals surface area contributed by atoms with Gasteiger partial charge in [0, 0.05) is 34.1 Å². The van der Waals surface area contributed by atoms with Gasteiger partial charge in [-0.25, -0.2) is 0 Å². The van der Waals surface area contributed by atoms with Gasteiger partial charge in [-0.15, -0.1) is 0 Å². The topological polar surface area (TPSA) is 6.48 Å². The SMILES string of the molecule is C=Cc1ccc(N(c2cccc(C)c2)c2ccc3c(c2)Cc2cc(N(c4cccc(C)c4)c4cccc(C=C)c4)ccc2-3)cc1. The van der Waals surface area contributed by atoms with Gasteiger partial charge in [0.25, 0.3) is 0 Å². The number of fused-ring (bicyclic) bond motifs is 3. The van der Waals surface area contributed by atoms with E-state index in [2.05, 4.69) is 170 Å². The first kappa shape index (κ1) is 28.2. The van der Waals surface area contributed by atoms with E-state index in [1.165, 1.54) is 33.4 Å². The van der Waals surface area contributed by atoms with Crippen molar-refractivity contribution in [2.45, 2.75) is 20.3 Å². The van der Waals surface area contributed by atoms with Gasteiger partial charge in [0.05, 0.1) is 0 Å². The second-order valence-electron chi connectivity index (χ2n) is 11.8. The maximum Gasteiger partial charge on any atom is 0.0467 e. The zero-order chi connectivity index (χ0) is 30.9. The molecule has 0 heterocycles. The first-order chi connectivity index (χ1) is 22.0. The van der Waals surface area contributed by atoms with Crippen molar-refractivity contribution >= 4 is 46.3 Å². The third kappa shape index (κ3) is 5.47. The average Bonchev–Trinajstić information content (AvgIpc) is 3.43. The Bertz CT molecular complexity index is 2050. The van der Waals surface area contributed by atoms with Gasteiger partial charge < -0.3 is 9.80 Å². The van der Waals surface area contributed by atoms with E-state index >= 15 is 0 Å². The molecule has 0 aliphatic heterocycles.